The smallest absolute Gasteiger partial charge is 0.160 e. The topological polar surface area (TPSA) is 48.8 Å². The molecule has 0 unspecified atom stereocenters. The van der Waals surface area contributed by atoms with Crippen molar-refractivity contribution in [3.8, 4) is 34.0 Å². The van der Waals surface area contributed by atoms with E-state index in [1.807, 2.05) is 30.5 Å². The number of hydrogen-bond donors (Lipinski definition) is 0. The van der Waals surface area contributed by atoms with Gasteiger partial charge >= 0.3 is 0 Å². The van der Waals surface area contributed by atoms with Crippen molar-refractivity contribution in [2.45, 2.75) is 0 Å². The van der Waals surface area contributed by atoms with E-state index in [-0.39, 0.29) is 0 Å². The Morgan fingerprint density at radius 2 is 1.11 bits per heavy atom. The summed E-state index contributed by atoms with van der Waals surface area (Å²) in [7, 11) is 0. The fraction of sp³-hybridized carbons (Fsp3) is 0. The Kier molecular flexibility index (Phi) is 6.27. The Hall–Kier alpha value is -7.50. The maximum absolute atomic E-state index is 6.97. The van der Waals surface area contributed by atoms with Crippen molar-refractivity contribution in [2.75, 3.05) is 0 Å². The lowest BCUT2D eigenvalue weighted by Crippen LogP contribution is -1.99. The van der Waals surface area contributed by atoms with Crippen LogP contribution in [0.15, 0.2) is 187 Å². The van der Waals surface area contributed by atoms with Gasteiger partial charge in [-0.2, -0.15) is 0 Å². The molecule has 0 atom stereocenters. The van der Waals surface area contributed by atoms with Gasteiger partial charge in [-0.25, -0.2) is 4.98 Å². The van der Waals surface area contributed by atoms with Gasteiger partial charge < -0.3 is 8.98 Å². The average Bonchev–Trinajstić information content (AvgIpc) is 3.95. The van der Waals surface area contributed by atoms with E-state index in [0.29, 0.717) is 0 Å². The molecule has 0 spiro atoms. The summed E-state index contributed by atoms with van der Waals surface area (Å²) in [6.45, 7) is 0. The van der Waals surface area contributed by atoms with E-state index >= 15 is 0 Å². The van der Waals surface area contributed by atoms with Gasteiger partial charge in [0.15, 0.2) is 5.58 Å². The van der Waals surface area contributed by atoms with Crippen LogP contribution in [0.1, 0.15) is 0 Å². The van der Waals surface area contributed by atoms with Crippen LogP contribution in [0.2, 0.25) is 0 Å². The maximum Gasteiger partial charge on any atom is 0.160 e. The number of furan rings is 1. The predicted octanol–water partition coefficient (Wildman–Crippen LogP) is 13.1. The van der Waals surface area contributed by atoms with Gasteiger partial charge in [-0.3, -0.25) is 9.55 Å². The molecule has 256 valence electrons. The molecule has 5 heteroatoms. The van der Waals surface area contributed by atoms with Gasteiger partial charge in [0.1, 0.15) is 11.4 Å². The largest absolute Gasteiger partial charge is 0.454 e. The van der Waals surface area contributed by atoms with E-state index in [1.54, 1.807) is 0 Å². The van der Waals surface area contributed by atoms with E-state index in [2.05, 4.69) is 161 Å². The van der Waals surface area contributed by atoms with Gasteiger partial charge in [-0.05, 0) is 89.0 Å². The molecule has 5 nitrogen and oxygen atoms in total. The third kappa shape index (κ3) is 4.29. The van der Waals surface area contributed by atoms with Crippen molar-refractivity contribution < 1.29 is 4.42 Å². The molecule has 0 saturated heterocycles. The number of para-hydroxylation sites is 4. The van der Waals surface area contributed by atoms with Gasteiger partial charge in [0.2, 0.25) is 0 Å². The van der Waals surface area contributed by atoms with Gasteiger partial charge in [-0.1, -0.05) is 103 Å². The zero-order chi connectivity index (χ0) is 36.0. The van der Waals surface area contributed by atoms with Crippen LogP contribution in [-0.2, 0) is 0 Å². The van der Waals surface area contributed by atoms with Crippen LogP contribution in [-0.4, -0.2) is 19.1 Å². The monoisotopic (exact) mass is 702 g/mol. The van der Waals surface area contributed by atoms with E-state index in [1.165, 1.54) is 26.9 Å². The number of fused-ring (bicyclic) bond motifs is 13. The number of aromatic nitrogens is 4. The van der Waals surface area contributed by atoms with Gasteiger partial charge in [0, 0.05) is 55.6 Å². The van der Waals surface area contributed by atoms with Crippen molar-refractivity contribution in [2.24, 2.45) is 0 Å². The first kappa shape index (κ1) is 30.0. The Balaban J connectivity index is 1.22. The molecule has 0 amide bonds. The fourth-order valence-electron chi connectivity index (χ4n) is 8.84. The first-order chi connectivity index (χ1) is 27.3. The molecular formula is C50H30N4O. The van der Waals surface area contributed by atoms with Gasteiger partial charge in [-0.15, -0.1) is 0 Å². The molecule has 55 heavy (non-hydrogen) atoms. The summed E-state index contributed by atoms with van der Waals surface area (Å²) in [5.74, 6) is 0.900. The standard InChI is InChI=1S/C50H30N4O/c1-2-14-32(15-3-1)53-43-23-10-9-22-42(43)52-50(53)31-25-27-33(28-26-31)54-47-37-19-7-5-17-35(37)34-16-4-6-18-36(34)45(47)40-30-39(41-21-12-13-29-51-41)46-38-20-8-11-24-44(38)55-49(46)48(40)54/h1-30H. The SMILES string of the molecule is c1ccc(-n2c(-c3ccc(-n4c5c(cc(-c6ccccn6)c6c7ccccc7oc65)c5c6ccccc6c6ccccc6c54)cc3)nc3ccccc32)cc1. The van der Waals surface area contributed by atoms with Crippen LogP contribution in [0.3, 0.4) is 0 Å². The molecule has 0 N–H and O–H groups in total. The minimum atomic E-state index is 0.846. The summed E-state index contributed by atoms with van der Waals surface area (Å²) in [6.07, 6.45) is 1.87. The highest BCUT2D eigenvalue weighted by Crippen LogP contribution is 2.48. The summed E-state index contributed by atoms with van der Waals surface area (Å²) in [5, 5.41) is 9.28. The Bertz CT molecular complexity index is 3470. The highest BCUT2D eigenvalue weighted by Gasteiger charge is 2.26. The third-order valence-electron chi connectivity index (χ3n) is 11.1. The molecule has 0 saturated carbocycles. The molecule has 0 bridgehead atoms. The number of imidazole rings is 1. The third-order valence-corrected chi connectivity index (χ3v) is 11.1. The second-order valence-electron chi connectivity index (χ2n) is 14.1. The molecule has 0 aliphatic carbocycles. The van der Waals surface area contributed by atoms with Crippen molar-refractivity contribution in [1.82, 2.24) is 19.1 Å². The molecule has 12 rings (SSSR count). The average molecular weight is 703 g/mol. The lowest BCUT2D eigenvalue weighted by atomic mass is 9.95. The first-order valence-electron chi connectivity index (χ1n) is 18.6. The lowest BCUT2D eigenvalue weighted by Gasteiger charge is -2.13. The van der Waals surface area contributed by atoms with Crippen molar-refractivity contribution in [3.05, 3.63) is 182 Å². The number of hydrogen-bond acceptors (Lipinski definition) is 3. The molecular weight excluding hydrogens is 673 g/mol. The molecule has 0 aliphatic rings. The second-order valence-corrected chi connectivity index (χ2v) is 14.1. The lowest BCUT2D eigenvalue weighted by molar-refractivity contribution is 0.671. The summed E-state index contributed by atoms with van der Waals surface area (Å²) in [4.78, 5) is 10.0. The minimum absolute atomic E-state index is 0.846. The quantitative estimate of drug-likeness (QED) is 0.172. The number of rotatable bonds is 4. The number of nitrogens with zero attached hydrogens (tertiary/aromatic N) is 4. The highest BCUT2D eigenvalue weighted by atomic mass is 16.3. The summed E-state index contributed by atoms with van der Waals surface area (Å²) < 4.78 is 11.7. The van der Waals surface area contributed by atoms with E-state index < -0.39 is 0 Å². The minimum Gasteiger partial charge on any atom is -0.454 e. The normalized spacial score (nSPS) is 12.0. The maximum atomic E-state index is 6.97. The van der Waals surface area contributed by atoms with Crippen LogP contribution in [0.4, 0.5) is 0 Å². The summed E-state index contributed by atoms with van der Waals surface area (Å²) in [6, 6.07) is 62.1. The summed E-state index contributed by atoms with van der Waals surface area (Å²) in [5.41, 5.74) is 11.0. The van der Waals surface area contributed by atoms with E-state index in [0.717, 1.165) is 83.4 Å². The second kappa shape index (κ2) is 11.5. The first-order valence-corrected chi connectivity index (χ1v) is 18.6. The molecule has 8 aromatic carbocycles. The van der Waals surface area contributed by atoms with E-state index in [4.69, 9.17) is 14.4 Å². The van der Waals surface area contributed by atoms with Gasteiger partial charge in [0.05, 0.1) is 27.8 Å². The zero-order valence-corrected chi connectivity index (χ0v) is 29.5. The molecule has 4 heterocycles. The Morgan fingerprint density at radius 1 is 0.455 bits per heavy atom. The van der Waals surface area contributed by atoms with Crippen LogP contribution < -0.4 is 0 Å². The molecule has 0 fully saturated rings. The number of benzene rings is 8. The number of pyridine rings is 1. The zero-order valence-electron chi connectivity index (χ0n) is 29.5. The van der Waals surface area contributed by atoms with Crippen molar-refractivity contribution in [1.29, 1.82) is 0 Å². The fourth-order valence-corrected chi connectivity index (χ4v) is 8.84. The van der Waals surface area contributed by atoms with Crippen LogP contribution in [0, 0.1) is 0 Å². The van der Waals surface area contributed by atoms with Crippen LogP contribution >= 0.6 is 0 Å². The molecule has 0 radical (unpaired) electrons. The van der Waals surface area contributed by atoms with Crippen molar-refractivity contribution >= 4 is 76.3 Å². The van der Waals surface area contributed by atoms with Crippen LogP contribution in [0.5, 0.6) is 0 Å². The predicted molar refractivity (Wildman–Crippen MR) is 226 cm³/mol. The Morgan fingerprint density at radius 3 is 1.91 bits per heavy atom. The molecule has 0 aliphatic heterocycles. The Labute approximate surface area is 315 Å². The highest BCUT2D eigenvalue weighted by molar-refractivity contribution is 6.35. The van der Waals surface area contributed by atoms with Crippen molar-refractivity contribution in [3.63, 3.8) is 0 Å². The van der Waals surface area contributed by atoms with Gasteiger partial charge in [0.25, 0.3) is 0 Å². The van der Waals surface area contributed by atoms with Crippen LogP contribution in [0.25, 0.3) is 110 Å². The summed E-state index contributed by atoms with van der Waals surface area (Å²) >= 11 is 0. The van der Waals surface area contributed by atoms with E-state index in [9.17, 15) is 0 Å². The molecule has 4 aromatic heterocycles. The molecule has 12 aromatic rings.